The molecule has 0 fully saturated rings. The van der Waals surface area contributed by atoms with E-state index < -0.39 is 11.7 Å². The topological polar surface area (TPSA) is 38.1 Å². The van der Waals surface area contributed by atoms with Crippen LogP contribution in [-0.2, 0) is 6.18 Å². The molecule has 1 unspecified atom stereocenters. The minimum absolute atomic E-state index is 0.218. The van der Waals surface area contributed by atoms with Crippen molar-refractivity contribution >= 4 is 11.8 Å². The molecule has 0 spiro atoms. The first-order valence-corrected chi connectivity index (χ1v) is 7.28. The first kappa shape index (κ1) is 15.9. The highest BCUT2D eigenvalue weighted by atomic mass is 32.2. The molecular weight excluding hydrogens is 301 g/mol. The average molecular weight is 316 g/mol. The van der Waals surface area contributed by atoms with E-state index in [1.54, 1.807) is 19.4 Å². The lowest BCUT2D eigenvalue weighted by Gasteiger charge is -2.17. The maximum absolute atomic E-state index is 12.7. The largest absolute Gasteiger partial charge is 0.440 e. The number of nitrogens with one attached hydrogen (secondary N) is 1. The molecule has 1 atom stereocenters. The van der Waals surface area contributed by atoms with E-state index in [1.807, 2.05) is 6.92 Å². The quantitative estimate of drug-likeness (QED) is 0.844. The molecule has 2 rings (SSSR count). The first-order valence-electron chi connectivity index (χ1n) is 6.29. The van der Waals surface area contributed by atoms with E-state index in [0.29, 0.717) is 16.5 Å². The molecular formula is C14H15F3N2OS. The van der Waals surface area contributed by atoms with Gasteiger partial charge in [-0.2, -0.15) is 13.2 Å². The Morgan fingerprint density at radius 2 is 2.14 bits per heavy atom. The minimum Gasteiger partial charge on any atom is -0.440 e. The molecule has 7 heteroatoms. The maximum Gasteiger partial charge on any atom is 0.416 e. The summed E-state index contributed by atoms with van der Waals surface area (Å²) in [5.41, 5.74) is 0.720. The lowest BCUT2D eigenvalue weighted by Crippen LogP contribution is -2.19. The Morgan fingerprint density at radius 1 is 1.38 bits per heavy atom. The molecule has 0 saturated heterocycles. The zero-order chi connectivity index (χ0) is 15.5. The number of aryl methyl sites for hydroxylation is 1. The number of benzene rings is 1. The van der Waals surface area contributed by atoms with Gasteiger partial charge in [0.05, 0.1) is 11.3 Å². The van der Waals surface area contributed by atoms with Crippen molar-refractivity contribution in [2.75, 3.05) is 12.8 Å². The van der Waals surface area contributed by atoms with Crippen LogP contribution >= 0.6 is 11.8 Å². The van der Waals surface area contributed by atoms with Gasteiger partial charge in [0.2, 0.25) is 0 Å². The van der Waals surface area contributed by atoms with Gasteiger partial charge in [-0.3, -0.25) is 0 Å². The normalized spacial score (nSPS) is 13.4. The van der Waals surface area contributed by atoms with Gasteiger partial charge in [-0.05, 0) is 31.7 Å². The Hall–Kier alpha value is -1.47. The molecule has 2 aromatic rings. The van der Waals surface area contributed by atoms with Crippen molar-refractivity contribution in [3.63, 3.8) is 0 Å². The van der Waals surface area contributed by atoms with Gasteiger partial charge in [-0.25, -0.2) is 4.98 Å². The Morgan fingerprint density at radius 3 is 2.71 bits per heavy atom. The van der Waals surface area contributed by atoms with Gasteiger partial charge in [0.15, 0.2) is 0 Å². The number of oxazole rings is 1. The third-order valence-electron chi connectivity index (χ3n) is 2.94. The predicted octanol–water partition coefficient (Wildman–Crippen LogP) is 4.05. The van der Waals surface area contributed by atoms with E-state index in [1.165, 1.54) is 23.9 Å². The third-order valence-corrected chi connectivity index (χ3v) is 3.87. The van der Waals surface area contributed by atoms with Gasteiger partial charge in [-0.15, -0.1) is 0 Å². The minimum atomic E-state index is -4.33. The van der Waals surface area contributed by atoms with Crippen molar-refractivity contribution < 1.29 is 17.6 Å². The summed E-state index contributed by atoms with van der Waals surface area (Å²) in [4.78, 5) is 4.16. The molecule has 1 heterocycles. The lowest BCUT2D eigenvalue weighted by molar-refractivity contribution is -0.137. The molecule has 0 aliphatic carbocycles. The van der Waals surface area contributed by atoms with Gasteiger partial charge < -0.3 is 9.73 Å². The van der Waals surface area contributed by atoms with Crippen molar-refractivity contribution in [3.05, 3.63) is 47.3 Å². The van der Waals surface area contributed by atoms with Crippen molar-refractivity contribution in [1.29, 1.82) is 0 Å². The molecule has 1 N–H and O–H groups in total. The van der Waals surface area contributed by atoms with E-state index >= 15 is 0 Å². The van der Waals surface area contributed by atoms with Crippen LogP contribution in [-0.4, -0.2) is 17.8 Å². The molecule has 3 nitrogen and oxygen atoms in total. The molecule has 0 aliphatic rings. The van der Waals surface area contributed by atoms with Crippen LogP contribution in [0.1, 0.15) is 22.9 Å². The summed E-state index contributed by atoms with van der Waals surface area (Å²) in [6.45, 7) is 1.82. The van der Waals surface area contributed by atoms with Crippen LogP contribution in [0.3, 0.4) is 0 Å². The van der Waals surface area contributed by atoms with Crippen LogP contribution in [0.2, 0.25) is 0 Å². The maximum atomic E-state index is 12.7. The van der Waals surface area contributed by atoms with Gasteiger partial charge in [0.1, 0.15) is 6.26 Å². The number of nitrogens with zero attached hydrogens (tertiary/aromatic N) is 1. The summed E-state index contributed by atoms with van der Waals surface area (Å²) < 4.78 is 43.4. The zero-order valence-corrected chi connectivity index (χ0v) is 12.4. The van der Waals surface area contributed by atoms with Crippen molar-refractivity contribution in [2.45, 2.75) is 24.4 Å². The second-order valence-electron chi connectivity index (χ2n) is 4.53. The molecule has 0 saturated carbocycles. The Balaban J connectivity index is 2.10. The van der Waals surface area contributed by atoms with Crippen LogP contribution in [0.5, 0.6) is 0 Å². The second kappa shape index (κ2) is 6.53. The number of thioether (sulfide) groups is 1. The highest BCUT2D eigenvalue weighted by Gasteiger charge is 2.30. The Bertz CT molecular complexity index is 598. The fourth-order valence-electron chi connectivity index (χ4n) is 1.83. The van der Waals surface area contributed by atoms with E-state index in [-0.39, 0.29) is 6.04 Å². The summed E-state index contributed by atoms with van der Waals surface area (Å²) in [6, 6.07) is 5.12. The lowest BCUT2D eigenvalue weighted by atomic mass is 10.1. The van der Waals surface area contributed by atoms with E-state index in [2.05, 4.69) is 10.3 Å². The number of halogens is 3. The number of alkyl halides is 3. The predicted molar refractivity (Wildman–Crippen MR) is 75.2 cm³/mol. The van der Waals surface area contributed by atoms with Crippen LogP contribution in [0.15, 0.2) is 40.2 Å². The molecule has 21 heavy (non-hydrogen) atoms. The average Bonchev–Trinajstić information content (AvgIpc) is 2.85. The highest BCUT2D eigenvalue weighted by Crippen LogP contribution is 2.32. The van der Waals surface area contributed by atoms with Crippen LogP contribution in [0.25, 0.3) is 0 Å². The fourth-order valence-corrected chi connectivity index (χ4v) is 2.82. The standard InChI is InChI=1S/C14H15F3N2OS/c1-9-7-20-13(19-9)21-8-12(18-2)10-4-3-5-11(6-10)14(15,16)17/h3-7,12,18H,8H2,1-2H3. The summed E-state index contributed by atoms with van der Waals surface area (Å²) in [5, 5.41) is 3.53. The molecule has 0 radical (unpaired) electrons. The fraction of sp³-hybridized carbons (Fsp3) is 0.357. The van der Waals surface area contributed by atoms with Crippen molar-refractivity contribution in [3.8, 4) is 0 Å². The number of hydrogen-bond acceptors (Lipinski definition) is 4. The van der Waals surface area contributed by atoms with Gasteiger partial charge >= 0.3 is 6.18 Å². The highest BCUT2D eigenvalue weighted by molar-refractivity contribution is 7.99. The molecule has 114 valence electrons. The van der Waals surface area contributed by atoms with Gasteiger partial charge in [0, 0.05) is 11.8 Å². The van der Waals surface area contributed by atoms with Crippen LogP contribution < -0.4 is 5.32 Å². The zero-order valence-electron chi connectivity index (χ0n) is 11.6. The van der Waals surface area contributed by atoms with Gasteiger partial charge in [-0.1, -0.05) is 23.9 Å². The van der Waals surface area contributed by atoms with Crippen LogP contribution in [0.4, 0.5) is 13.2 Å². The van der Waals surface area contributed by atoms with E-state index in [4.69, 9.17) is 4.42 Å². The third kappa shape index (κ3) is 4.25. The summed E-state index contributed by atoms with van der Waals surface area (Å²) in [7, 11) is 1.71. The summed E-state index contributed by atoms with van der Waals surface area (Å²) in [5.74, 6) is 0.526. The Labute approximate surface area is 124 Å². The van der Waals surface area contributed by atoms with Gasteiger partial charge in [0.25, 0.3) is 5.22 Å². The Kier molecular flexibility index (Phi) is 4.95. The van der Waals surface area contributed by atoms with E-state index in [9.17, 15) is 13.2 Å². The van der Waals surface area contributed by atoms with Crippen LogP contribution in [0, 0.1) is 6.92 Å². The number of hydrogen-bond donors (Lipinski definition) is 1. The molecule has 1 aromatic heterocycles. The van der Waals surface area contributed by atoms with Crippen molar-refractivity contribution in [1.82, 2.24) is 10.3 Å². The second-order valence-corrected chi connectivity index (χ2v) is 5.50. The SMILES string of the molecule is CNC(CSc1nc(C)co1)c1cccc(C(F)(F)F)c1. The number of aromatic nitrogens is 1. The van der Waals surface area contributed by atoms with E-state index in [0.717, 1.165) is 11.8 Å². The molecule has 0 bridgehead atoms. The molecule has 0 aliphatic heterocycles. The summed E-state index contributed by atoms with van der Waals surface area (Å²) >= 11 is 1.36. The first-order chi connectivity index (χ1) is 9.90. The molecule has 0 amide bonds. The summed E-state index contributed by atoms with van der Waals surface area (Å²) in [6.07, 6.45) is -2.79. The van der Waals surface area contributed by atoms with Crippen molar-refractivity contribution in [2.24, 2.45) is 0 Å². The smallest absolute Gasteiger partial charge is 0.416 e. The molecule has 1 aromatic carbocycles. The monoisotopic (exact) mass is 316 g/mol. The number of rotatable bonds is 5.